The van der Waals surface area contributed by atoms with Crippen molar-refractivity contribution in [3.05, 3.63) is 95.1 Å². The van der Waals surface area contributed by atoms with E-state index in [0.717, 1.165) is 33.4 Å². The van der Waals surface area contributed by atoms with Gasteiger partial charge in [0.05, 0.1) is 25.4 Å². The molecule has 0 aromatic heterocycles. The minimum Gasteiger partial charge on any atom is -0.396 e. The van der Waals surface area contributed by atoms with Crippen molar-refractivity contribution in [2.75, 3.05) is 24.7 Å². The molecule has 0 radical (unpaired) electrons. The lowest BCUT2D eigenvalue weighted by molar-refractivity contribution is -0.268. The minimum absolute atomic E-state index is 0.0293. The topological polar surface area (TPSA) is 108 Å². The number of nitrogens with one attached hydrogen (secondary N) is 1. The Morgan fingerprint density at radius 1 is 0.979 bits per heavy atom. The van der Waals surface area contributed by atoms with Crippen LogP contribution in [0.3, 0.4) is 0 Å². The molecule has 0 spiro atoms. The molecule has 3 aromatic rings. The molecule has 0 saturated carbocycles. The first-order chi connectivity index (χ1) is 22.6. The second-order valence-corrected chi connectivity index (χ2v) is 12.9. The third-order valence-corrected chi connectivity index (χ3v) is 9.70. The molecule has 0 bridgehead atoms. The molecule has 8 nitrogen and oxygen atoms in total. The van der Waals surface area contributed by atoms with Crippen molar-refractivity contribution in [2.45, 2.75) is 63.6 Å². The summed E-state index contributed by atoms with van der Waals surface area (Å²) in [7, 11) is 0. The molecule has 3 N–H and O–H groups in total. The summed E-state index contributed by atoms with van der Waals surface area (Å²) >= 11 is 1.62. The Hall–Kier alpha value is -3.42. The van der Waals surface area contributed by atoms with Crippen LogP contribution in [0.4, 0.5) is 13.2 Å². The summed E-state index contributed by atoms with van der Waals surface area (Å²) in [5, 5.41) is 21.5. The van der Waals surface area contributed by atoms with E-state index in [2.05, 4.69) is 12.2 Å². The monoisotopic (exact) mass is 672 g/mol. The Balaban J connectivity index is 1.30. The van der Waals surface area contributed by atoms with Crippen molar-refractivity contribution in [2.24, 2.45) is 5.92 Å². The molecule has 2 saturated heterocycles. The number of nitrogens with zero attached hydrogens (tertiary/aromatic N) is 1. The molecule has 2 amide bonds. The van der Waals surface area contributed by atoms with Crippen LogP contribution < -0.4 is 5.32 Å². The first-order valence-corrected chi connectivity index (χ1v) is 16.8. The molecule has 2 heterocycles. The van der Waals surface area contributed by atoms with Gasteiger partial charge in [-0.05, 0) is 40.7 Å². The molecule has 0 aliphatic carbocycles. The van der Waals surface area contributed by atoms with E-state index in [1.807, 2.05) is 72.8 Å². The highest BCUT2D eigenvalue weighted by atomic mass is 32.2. The van der Waals surface area contributed by atoms with Crippen molar-refractivity contribution >= 4 is 23.6 Å². The van der Waals surface area contributed by atoms with Gasteiger partial charge in [-0.2, -0.15) is 24.9 Å². The molecule has 5 unspecified atom stereocenters. The number of thioether (sulfide) groups is 1. The van der Waals surface area contributed by atoms with E-state index in [1.165, 1.54) is 0 Å². The van der Waals surface area contributed by atoms with E-state index >= 15 is 0 Å². The molecule has 47 heavy (non-hydrogen) atoms. The SMILES string of the molecule is CC1C(CSCCO)OC(c2ccc(-c3ccccc3CNC(=O)C3CCCN3C(=O)C(F)(F)F)cc2)OC1c1ccc(CO)cc1. The van der Waals surface area contributed by atoms with Crippen LogP contribution in [0.25, 0.3) is 11.1 Å². The third-order valence-electron chi connectivity index (χ3n) is 8.66. The number of ether oxygens (including phenoxy) is 2. The molecule has 2 aliphatic rings. The van der Waals surface area contributed by atoms with Crippen LogP contribution in [0.1, 0.15) is 54.4 Å². The van der Waals surface area contributed by atoms with Crippen LogP contribution in [-0.4, -0.2) is 69.9 Å². The molecule has 2 aliphatic heterocycles. The summed E-state index contributed by atoms with van der Waals surface area (Å²) in [6.07, 6.45) is -5.57. The van der Waals surface area contributed by atoms with E-state index in [0.29, 0.717) is 22.8 Å². The third kappa shape index (κ3) is 8.36. The summed E-state index contributed by atoms with van der Waals surface area (Å²) in [5.74, 6) is -1.28. The first kappa shape index (κ1) is 34.9. The number of hydrogen-bond acceptors (Lipinski definition) is 7. The van der Waals surface area contributed by atoms with Crippen molar-refractivity contribution in [3.8, 4) is 11.1 Å². The molecule has 12 heteroatoms. The standard InChI is InChI=1S/C35H39F3N2O6S/c1-22-30(21-47-18-17-41)45-33(46-31(22)25-10-8-23(20-42)9-11-25)26-14-12-24(13-15-26)28-6-3-2-5-27(28)19-39-32(43)29-7-4-16-40(29)34(44)35(36,37)38/h2-3,5-6,8-15,22,29-31,33,41-42H,4,7,16-21H2,1H3,(H,39,43). The number of carbonyl (C=O) groups excluding carboxylic acids is 2. The maximum absolute atomic E-state index is 13.0. The van der Waals surface area contributed by atoms with Crippen molar-refractivity contribution in [1.29, 1.82) is 0 Å². The molecule has 2 fully saturated rings. The number of hydrogen-bond donors (Lipinski definition) is 3. The summed E-state index contributed by atoms with van der Waals surface area (Å²) in [6.45, 7) is 2.10. The fraction of sp³-hybridized carbons (Fsp3) is 0.429. The van der Waals surface area contributed by atoms with E-state index in [1.54, 1.807) is 11.8 Å². The lowest BCUT2D eigenvalue weighted by Crippen LogP contribution is -2.50. The summed E-state index contributed by atoms with van der Waals surface area (Å²) in [6, 6.07) is 21.7. The number of amides is 2. The van der Waals surface area contributed by atoms with Crippen molar-refractivity contribution < 1.29 is 42.4 Å². The maximum Gasteiger partial charge on any atom is 0.471 e. The number of alkyl halides is 3. The quantitative estimate of drug-likeness (QED) is 0.230. The Kier molecular flexibility index (Phi) is 11.6. The van der Waals surface area contributed by atoms with Gasteiger partial charge in [0, 0.05) is 36.1 Å². The van der Waals surface area contributed by atoms with Crippen LogP contribution in [-0.2, 0) is 32.2 Å². The maximum atomic E-state index is 13.0. The summed E-state index contributed by atoms with van der Waals surface area (Å²) in [4.78, 5) is 25.3. The normalized spacial score (nSPS) is 23.1. The average molecular weight is 673 g/mol. The second-order valence-electron chi connectivity index (χ2n) is 11.8. The summed E-state index contributed by atoms with van der Waals surface area (Å²) < 4.78 is 52.1. The predicted octanol–water partition coefficient (Wildman–Crippen LogP) is 5.53. The van der Waals surface area contributed by atoms with Gasteiger partial charge in [0.1, 0.15) is 6.04 Å². The number of likely N-dealkylation sites (tertiary alicyclic amines) is 1. The van der Waals surface area contributed by atoms with Crippen LogP contribution in [0.15, 0.2) is 72.8 Å². The Bertz CT molecular complexity index is 1500. The van der Waals surface area contributed by atoms with E-state index < -0.39 is 30.3 Å². The van der Waals surface area contributed by atoms with Gasteiger partial charge in [0.15, 0.2) is 6.29 Å². The summed E-state index contributed by atoms with van der Waals surface area (Å²) in [5.41, 5.74) is 5.09. The van der Waals surface area contributed by atoms with Crippen LogP contribution in [0.2, 0.25) is 0 Å². The van der Waals surface area contributed by atoms with Gasteiger partial charge in [-0.3, -0.25) is 9.59 Å². The Labute approximate surface area is 276 Å². The van der Waals surface area contributed by atoms with Gasteiger partial charge in [-0.15, -0.1) is 0 Å². The molecular formula is C35H39F3N2O6S. The first-order valence-electron chi connectivity index (χ1n) is 15.6. The fourth-order valence-electron chi connectivity index (χ4n) is 6.10. The highest BCUT2D eigenvalue weighted by Crippen LogP contribution is 2.42. The lowest BCUT2D eigenvalue weighted by Gasteiger charge is -2.41. The molecular weight excluding hydrogens is 633 g/mol. The van der Waals surface area contributed by atoms with Gasteiger partial charge < -0.3 is 29.9 Å². The number of halogens is 3. The molecule has 5 rings (SSSR count). The van der Waals surface area contributed by atoms with Crippen LogP contribution >= 0.6 is 11.8 Å². The average Bonchev–Trinajstić information content (AvgIpc) is 3.58. The number of aliphatic hydroxyl groups is 2. The minimum atomic E-state index is -5.03. The number of rotatable bonds is 11. The lowest BCUT2D eigenvalue weighted by atomic mass is 9.91. The van der Waals surface area contributed by atoms with Gasteiger partial charge >= 0.3 is 12.1 Å². The van der Waals surface area contributed by atoms with E-state index in [4.69, 9.17) is 9.47 Å². The molecule has 5 atom stereocenters. The Morgan fingerprint density at radius 3 is 2.36 bits per heavy atom. The number of carbonyl (C=O) groups is 2. The van der Waals surface area contributed by atoms with E-state index in [9.17, 15) is 33.0 Å². The smallest absolute Gasteiger partial charge is 0.396 e. The van der Waals surface area contributed by atoms with E-state index in [-0.39, 0.29) is 50.8 Å². The zero-order valence-corrected chi connectivity index (χ0v) is 26.8. The number of benzene rings is 3. The zero-order chi connectivity index (χ0) is 33.6. The number of aliphatic hydroxyl groups excluding tert-OH is 2. The van der Waals surface area contributed by atoms with Crippen molar-refractivity contribution in [1.82, 2.24) is 10.2 Å². The molecule has 3 aromatic carbocycles. The Morgan fingerprint density at radius 2 is 1.68 bits per heavy atom. The van der Waals surface area contributed by atoms with Gasteiger partial charge in [0.2, 0.25) is 5.91 Å². The van der Waals surface area contributed by atoms with Crippen molar-refractivity contribution in [3.63, 3.8) is 0 Å². The highest BCUT2D eigenvalue weighted by Gasteiger charge is 2.47. The van der Waals surface area contributed by atoms with Gasteiger partial charge in [-0.25, -0.2) is 0 Å². The largest absolute Gasteiger partial charge is 0.471 e. The zero-order valence-electron chi connectivity index (χ0n) is 26.0. The second kappa shape index (κ2) is 15.7. The highest BCUT2D eigenvalue weighted by molar-refractivity contribution is 7.99. The van der Waals surface area contributed by atoms with Gasteiger partial charge in [0.25, 0.3) is 0 Å². The van der Waals surface area contributed by atoms with Crippen LogP contribution in [0, 0.1) is 5.92 Å². The fourth-order valence-corrected chi connectivity index (χ4v) is 7.01. The molecule has 252 valence electrons. The van der Waals surface area contributed by atoms with Gasteiger partial charge in [-0.1, -0.05) is 79.7 Å². The van der Waals surface area contributed by atoms with Crippen LogP contribution in [0.5, 0.6) is 0 Å². The predicted molar refractivity (Wildman–Crippen MR) is 172 cm³/mol.